The first-order valence-corrected chi connectivity index (χ1v) is 12.1. The van der Waals surface area contributed by atoms with Crippen molar-refractivity contribution in [1.82, 2.24) is 0 Å². The molecule has 1 aromatic carbocycles. The Labute approximate surface area is 168 Å². The topological polar surface area (TPSA) is 27.7 Å². The van der Waals surface area contributed by atoms with Crippen LogP contribution in [0.1, 0.15) is 71.9 Å². The van der Waals surface area contributed by atoms with E-state index in [0.29, 0.717) is 0 Å². The van der Waals surface area contributed by atoms with Crippen LogP contribution in [0.5, 0.6) is 0 Å². The number of alkyl halides is 3. The molecule has 0 aliphatic carbocycles. The highest BCUT2D eigenvalue weighted by Crippen LogP contribution is 2.29. The molecule has 0 aliphatic heterocycles. The molecule has 0 unspecified atom stereocenters. The van der Waals surface area contributed by atoms with Gasteiger partial charge in [0.05, 0.1) is 5.56 Å². The van der Waals surface area contributed by atoms with Gasteiger partial charge >= 0.3 is 15.0 Å². The Bertz CT molecular complexity index is 530. The van der Waals surface area contributed by atoms with E-state index in [4.69, 9.17) is 13.3 Å². The van der Waals surface area contributed by atoms with Crippen molar-refractivity contribution in [2.45, 2.75) is 97.8 Å². The molecule has 0 radical (unpaired) electrons. The predicted octanol–water partition coefficient (Wildman–Crippen LogP) is 6.63. The van der Waals surface area contributed by atoms with Crippen LogP contribution >= 0.6 is 0 Å². The van der Waals surface area contributed by atoms with E-state index >= 15 is 0 Å². The van der Waals surface area contributed by atoms with Crippen LogP contribution < -0.4 is 0 Å². The molecule has 162 valence electrons. The Hall–Kier alpha value is -0.893. The third-order valence-corrected chi connectivity index (χ3v) is 7.43. The van der Waals surface area contributed by atoms with Gasteiger partial charge < -0.3 is 13.3 Å². The maximum atomic E-state index is 12.6. The van der Waals surface area contributed by atoms with Crippen LogP contribution in [-0.2, 0) is 25.9 Å². The van der Waals surface area contributed by atoms with Gasteiger partial charge in [0.25, 0.3) is 0 Å². The van der Waals surface area contributed by atoms with Gasteiger partial charge in [0, 0.05) is 24.4 Å². The van der Waals surface area contributed by atoms with Crippen molar-refractivity contribution in [3.8, 4) is 0 Å². The molecule has 3 nitrogen and oxygen atoms in total. The lowest BCUT2D eigenvalue weighted by Crippen LogP contribution is -2.50. The highest BCUT2D eigenvalue weighted by Gasteiger charge is 2.43. The molecule has 0 heterocycles. The molecule has 28 heavy (non-hydrogen) atoms. The molecule has 0 aromatic heterocycles. The molecule has 0 fully saturated rings. The molecule has 1 aromatic rings. The van der Waals surface area contributed by atoms with E-state index in [1.807, 2.05) is 41.5 Å². The van der Waals surface area contributed by atoms with E-state index in [1.165, 1.54) is 0 Å². The van der Waals surface area contributed by atoms with Gasteiger partial charge in [-0.3, -0.25) is 0 Å². The molecule has 0 amide bonds. The van der Waals surface area contributed by atoms with Gasteiger partial charge in [-0.1, -0.05) is 18.6 Å². The fourth-order valence-electron chi connectivity index (χ4n) is 3.05. The summed E-state index contributed by atoms with van der Waals surface area (Å²) in [6, 6.07) is 6.17. The van der Waals surface area contributed by atoms with Gasteiger partial charge in [0.2, 0.25) is 0 Å². The molecule has 0 atom stereocenters. The predicted molar refractivity (Wildman–Crippen MR) is 108 cm³/mol. The second kappa shape index (κ2) is 11.3. The van der Waals surface area contributed by atoms with Gasteiger partial charge in [-0.15, -0.1) is 0 Å². The van der Waals surface area contributed by atoms with Gasteiger partial charge in [-0.25, -0.2) is 0 Å². The lowest BCUT2D eigenvalue weighted by atomic mass is 10.1. The molecular weight excluding hydrogens is 385 g/mol. The highest BCUT2D eigenvalue weighted by atomic mass is 28.4. The average Bonchev–Trinajstić information content (AvgIpc) is 2.52. The fraction of sp³-hybridized carbons (Fsp3) is 0.714. The third kappa shape index (κ3) is 9.54. The maximum absolute atomic E-state index is 12.6. The minimum Gasteiger partial charge on any atom is -0.371 e. The Morgan fingerprint density at radius 1 is 0.750 bits per heavy atom. The van der Waals surface area contributed by atoms with E-state index in [9.17, 15) is 13.2 Å². The number of benzene rings is 1. The van der Waals surface area contributed by atoms with Gasteiger partial charge in [0.1, 0.15) is 0 Å². The molecule has 0 N–H and O–H groups in total. The number of hydrogen-bond donors (Lipinski definition) is 0. The van der Waals surface area contributed by atoms with Crippen LogP contribution in [0.4, 0.5) is 13.2 Å². The van der Waals surface area contributed by atoms with Crippen molar-refractivity contribution in [3.63, 3.8) is 0 Å². The van der Waals surface area contributed by atoms with E-state index in [1.54, 1.807) is 12.1 Å². The highest BCUT2D eigenvalue weighted by molar-refractivity contribution is 6.60. The van der Waals surface area contributed by atoms with Crippen LogP contribution in [0.2, 0.25) is 6.04 Å². The minimum atomic E-state index is -4.28. The standard InChI is InChI=1S/C21H35F3O3Si/c1-16(2)25-28(26-17(3)4,27-18(5)6)15-9-7-8-10-19-11-13-20(14-12-19)21(22,23)24/h11-14,16-18H,7-10,15H2,1-6H3. The second-order valence-electron chi connectivity index (χ2n) is 7.94. The summed E-state index contributed by atoms with van der Waals surface area (Å²) in [7, 11) is -2.77. The van der Waals surface area contributed by atoms with E-state index in [-0.39, 0.29) is 18.3 Å². The quantitative estimate of drug-likeness (QED) is 0.280. The fourth-order valence-corrected chi connectivity index (χ4v) is 6.40. The lowest BCUT2D eigenvalue weighted by molar-refractivity contribution is -0.137. The summed E-state index contributed by atoms with van der Waals surface area (Å²) in [4.78, 5) is 0. The zero-order valence-electron chi connectivity index (χ0n) is 17.9. The van der Waals surface area contributed by atoms with Crippen LogP contribution in [0.3, 0.4) is 0 Å². The van der Waals surface area contributed by atoms with Crippen LogP contribution in [0.25, 0.3) is 0 Å². The minimum absolute atomic E-state index is 0.0244. The number of halogens is 3. The first kappa shape index (κ1) is 25.1. The first-order valence-electron chi connectivity index (χ1n) is 10.1. The molecule has 0 saturated heterocycles. The van der Waals surface area contributed by atoms with Crippen LogP contribution in [-0.4, -0.2) is 27.1 Å². The Morgan fingerprint density at radius 2 is 1.21 bits per heavy atom. The maximum Gasteiger partial charge on any atom is 0.501 e. The summed E-state index contributed by atoms with van der Waals surface area (Å²) in [5, 5.41) is 0. The van der Waals surface area contributed by atoms with Crippen molar-refractivity contribution in [3.05, 3.63) is 35.4 Å². The van der Waals surface area contributed by atoms with Gasteiger partial charge in [0.15, 0.2) is 0 Å². The van der Waals surface area contributed by atoms with Crippen molar-refractivity contribution in [1.29, 1.82) is 0 Å². The average molecular weight is 421 g/mol. The first-order chi connectivity index (χ1) is 12.9. The summed E-state index contributed by atoms with van der Waals surface area (Å²) < 4.78 is 56.3. The van der Waals surface area contributed by atoms with Crippen molar-refractivity contribution in [2.24, 2.45) is 0 Å². The molecule has 0 spiro atoms. The molecule has 0 bridgehead atoms. The zero-order valence-corrected chi connectivity index (χ0v) is 18.9. The molecule has 0 saturated carbocycles. The van der Waals surface area contributed by atoms with Crippen LogP contribution in [0.15, 0.2) is 24.3 Å². The zero-order chi connectivity index (χ0) is 21.4. The molecule has 7 heteroatoms. The van der Waals surface area contributed by atoms with Crippen LogP contribution in [0, 0.1) is 0 Å². The smallest absolute Gasteiger partial charge is 0.371 e. The Balaban J connectivity index is 2.56. The van der Waals surface area contributed by atoms with E-state index < -0.39 is 20.5 Å². The van der Waals surface area contributed by atoms with Crippen molar-refractivity contribution >= 4 is 8.80 Å². The van der Waals surface area contributed by atoms with Gasteiger partial charge in [-0.2, -0.15) is 13.2 Å². The molecule has 1 rings (SSSR count). The normalized spacial score (nSPS) is 13.1. The second-order valence-corrected chi connectivity index (χ2v) is 10.5. The largest absolute Gasteiger partial charge is 0.501 e. The Kier molecular flexibility index (Phi) is 10.2. The Morgan fingerprint density at radius 3 is 1.61 bits per heavy atom. The van der Waals surface area contributed by atoms with Crippen molar-refractivity contribution in [2.75, 3.05) is 0 Å². The number of hydrogen-bond acceptors (Lipinski definition) is 3. The number of aryl methyl sites for hydroxylation is 1. The third-order valence-electron chi connectivity index (χ3n) is 3.98. The molecular formula is C21H35F3O3Si. The summed E-state index contributed by atoms with van der Waals surface area (Å²) in [6.45, 7) is 11.9. The summed E-state index contributed by atoms with van der Waals surface area (Å²) >= 11 is 0. The summed E-state index contributed by atoms with van der Waals surface area (Å²) in [5.74, 6) is 0. The summed E-state index contributed by atoms with van der Waals surface area (Å²) in [6.07, 6.45) is -0.701. The van der Waals surface area contributed by atoms with E-state index in [0.717, 1.165) is 49.4 Å². The number of unbranched alkanes of at least 4 members (excludes halogenated alkanes) is 2. The monoisotopic (exact) mass is 420 g/mol. The lowest BCUT2D eigenvalue weighted by Gasteiger charge is -2.34. The SMILES string of the molecule is CC(C)O[Si](CCCCCc1ccc(C(F)(F)F)cc1)(OC(C)C)OC(C)C. The number of rotatable bonds is 12. The summed E-state index contributed by atoms with van der Waals surface area (Å²) in [5.41, 5.74) is 0.321. The molecule has 0 aliphatic rings. The van der Waals surface area contributed by atoms with E-state index in [2.05, 4.69) is 0 Å². The van der Waals surface area contributed by atoms with Crippen molar-refractivity contribution < 1.29 is 26.4 Å². The van der Waals surface area contributed by atoms with Gasteiger partial charge in [-0.05, 0) is 78.5 Å².